The van der Waals surface area contributed by atoms with Crippen LogP contribution in [0.4, 0.5) is 5.82 Å². The zero-order valence-electron chi connectivity index (χ0n) is 21.3. The Balaban J connectivity index is 1.71. The number of anilines is 1. The van der Waals surface area contributed by atoms with Crippen LogP contribution in [0, 0.1) is 12.8 Å². The molecule has 0 radical (unpaired) electrons. The van der Waals surface area contributed by atoms with E-state index in [1.807, 2.05) is 35.2 Å². The van der Waals surface area contributed by atoms with Gasteiger partial charge < -0.3 is 14.5 Å². The molecule has 0 aliphatic carbocycles. The van der Waals surface area contributed by atoms with Gasteiger partial charge in [-0.05, 0) is 18.4 Å². The van der Waals surface area contributed by atoms with Crippen molar-refractivity contribution in [3.63, 3.8) is 0 Å². The lowest BCUT2D eigenvalue weighted by Gasteiger charge is -2.37. The van der Waals surface area contributed by atoms with Crippen LogP contribution in [0.1, 0.15) is 42.7 Å². The first kappa shape index (κ1) is 24.9. The van der Waals surface area contributed by atoms with Crippen LogP contribution in [0.2, 0.25) is 0 Å². The second kappa shape index (κ2) is 11.5. The van der Waals surface area contributed by atoms with Crippen molar-refractivity contribution in [2.75, 3.05) is 38.2 Å². The van der Waals surface area contributed by atoms with E-state index in [-0.39, 0.29) is 5.91 Å². The molecule has 2 aromatic carbocycles. The summed E-state index contributed by atoms with van der Waals surface area (Å²) in [4.78, 5) is 27.0. The number of methoxy groups -OCH3 is 1. The Morgan fingerprint density at radius 2 is 1.74 bits per heavy atom. The summed E-state index contributed by atoms with van der Waals surface area (Å²) in [5, 5.41) is 0. The van der Waals surface area contributed by atoms with Crippen molar-refractivity contribution >= 4 is 11.7 Å². The van der Waals surface area contributed by atoms with Crippen molar-refractivity contribution in [3.8, 4) is 11.4 Å². The highest BCUT2D eigenvalue weighted by Crippen LogP contribution is 2.29. The van der Waals surface area contributed by atoms with Gasteiger partial charge in [-0.1, -0.05) is 74.0 Å². The average molecular weight is 473 g/mol. The lowest BCUT2D eigenvalue weighted by Crippen LogP contribution is -2.49. The van der Waals surface area contributed by atoms with E-state index in [2.05, 4.69) is 49.9 Å². The van der Waals surface area contributed by atoms with Gasteiger partial charge in [-0.3, -0.25) is 4.79 Å². The number of carbonyl (C=O) groups excluding carboxylic acids is 1. The van der Waals surface area contributed by atoms with Crippen molar-refractivity contribution in [2.45, 2.75) is 40.2 Å². The summed E-state index contributed by atoms with van der Waals surface area (Å²) in [5.74, 6) is 2.27. The molecule has 1 aliphatic heterocycles. The first-order valence-corrected chi connectivity index (χ1v) is 12.5. The number of aromatic nitrogens is 2. The van der Waals surface area contributed by atoms with Crippen LogP contribution in [0.15, 0.2) is 54.6 Å². The summed E-state index contributed by atoms with van der Waals surface area (Å²) >= 11 is 0. The molecule has 184 valence electrons. The van der Waals surface area contributed by atoms with E-state index in [9.17, 15) is 4.79 Å². The molecule has 1 aliphatic rings. The molecule has 0 spiro atoms. The third kappa shape index (κ3) is 6.25. The number of hydrogen-bond donors (Lipinski definition) is 0. The minimum atomic E-state index is 0.243. The van der Waals surface area contributed by atoms with E-state index in [0.29, 0.717) is 37.9 Å². The number of ether oxygens (including phenoxy) is 1. The van der Waals surface area contributed by atoms with E-state index in [1.165, 1.54) is 11.1 Å². The van der Waals surface area contributed by atoms with Crippen molar-refractivity contribution in [3.05, 3.63) is 77.0 Å². The molecule has 1 amide bonds. The van der Waals surface area contributed by atoms with Gasteiger partial charge in [-0.25, -0.2) is 9.97 Å². The number of benzene rings is 2. The Labute approximate surface area is 209 Å². The fraction of sp³-hybridized carbons (Fsp3) is 0.414. The van der Waals surface area contributed by atoms with E-state index in [4.69, 9.17) is 14.7 Å². The van der Waals surface area contributed by atoms with Gasteiger partial charge >= 0.3 is 0 Å². The molecule has 1 fully saturated rings. The van der Waals surface area contributed by atoms with Gasteiger partial charge in [-0.2, -0.15) is 0 Å². The summed E-state index contributed by atoms with van der Waals surface area (Å²) in [5.41, 5.74) is 5.45. The standard InChI is InChI=1S/C29H36N4O2/c1-21(2)17-27(34)32-13-15-33(16-14-32)29-25(19-23-10-8-9-22(3)18-23)26(20-35-4)30-28(31-29)24-11-6-5-7-12-24/h5-12,18,21H,13-17,19-20H2,1-4H3. The Hall–Kier alpha value is -3.25. The van der Waals surface area contributed by atoms with Crippen LogP contribution in [0.3, 0.4) is 0 Å². The summed E-state index contributed by atoms with van der Waals surface area (Å²) in [7, 11) is 1.71. The molecular formula is C29H36N4O2. The minimum absolute atomic E-state index is 0.243. The number of nitrogens with zero attached hydrogens (tertiary/aromatic N) is 4. The minimum Gasteiger partial charge on any atom is -0.378 e. The Bertz CT molecular complexity index is 1140. The molecule has 0 unspecified atom stereocenters. The van der Waals surface area contributed by atoms with Crippen molar-refractivity contribution < 1.29 is 9.53 Å². The summed E-state index contributed by atoms with van der Waals surface area (Å²) in [6, 6.07) is 18.7. The molecular weight excluding hydrogens is 436 g/mol. The first-order chi connectivity index (χ1) is 16.9. The van der Waals surface area contributed by atoms with Crippen LogP contribution >= 0.6 is 0 Å². The van der Waals surface area contributed by atoms with Crippen molar-refractivity contribution in [1.82, 2.24) is 14.9 Å². The monoisotopic (exact) mass is 472 g/mol. The number of amides is 1. The van der Waals surface area contributed by atoms with E-state index < -0.39 is 0 Å². The highest BCUT2D eigenvalue weighted by Gasteiger charge is 2.26. The molecule has 1 aromatic heterocycles. The topological polar surface area (TPSA) is 58.6 Å². The summed E-state index contributed by atoms with van der Waals surface area (Å²) < 4.78 is 5.59. The zero-order chi connectivity index (χ0) is 24.8. The third-order valence-corrected chi connectivity index (χ3v) is 6.36. The molecule has 6 heteroatoms. The van der Waals surface area contributed by atoms with Crippen LogP contribution in [0.25, 0.3) is 11.4 Å². The van der Waals surface area contributed by atoms with E-state index in [0.717, 1.165) is 42.1 Å². The molecule has 1 saturated heterocycles. The van der Waals surface area contributed by atoms with E-state index >= 15 is 0 Å². The second-order valence-corrected chi connectivity index (χ2v) is 9.73. The molecule has 4 rings (SSSR count). The zero-order valence-corrected chi connectivity index (χ0v) is 21.3. The lowest BCUT2D eigenvalue weighted by atomic mass is 10.0. The summed E-state index contributed by atoms with van der Waals surface area (Å²) in [6.07, 6.45) is 1.33. The molecule has 0 N–H and O–H groups in total. The maximum atomic E-state index is 12.6. The summed E-state index contributed by atoms with van der Waals surface area (Å²) in [6.45, 7) is 9.64. The smallest absolute Gasteiger partial charge is 0.222 e. The maximum absolute atomic E-state index is 12.6. The lowest BCUT2D eigenvalue weighted by molar-refractivity contribution is -0.132. The number of aryl methyl sites for hydroxylation is 1. The average Bonchev–Trinajstić information content (AvgIpc) is 2.85. The van der Waals surface area contributed by atoms with Crippen LogP contribution < -0.4 is 4.90 Å². The van der Waals surface area contributed by atoms with Gasteiger partial charge in [0.05, 0.1) is 12.3 Å². The highest BCUT2D eigenvalue weighted by atomic mass is 16.5. The molecule has 2 heterocycles. The van der Waals surface area contributed by atoms with Crippen molar-refractivity contribution in [1.29, 1.82) is 0 Å². The Kier molecular flexibility index (Phi) is 8.13. The first-order valence-electron chi connectivity index (χ1n) is 12.5. The molecule has 3 aromatic rings. The van der Waals surface area contributed by atoms with Gasteiger partial charge in [0.1, 0.15) is 5.82 Å². The number of hydrogen-bond acceptors (Lipinski definition) is 5. The quantitative estimate of drug-likeness (QED) is 0.468. The van der Waals surface area contributed by atoms with Gasteiger partial charge in [0.2, 0.25) is 5.91 Å². The number of piperazine rings is 1. The van der Waals surface area contributed by atoms with Gasteiger partial charge in [0.15, 0.2) is 5.82 Å². The number of rotatable bonds is 8. The predicted molar refractivity (Wildman–Crippen MR) is 140 cm³/mol. The largest absolute Gasteiger partial charge is 0.378 e. The highest BCUT2D eigenvalue weighted by molar-refractivity contribution is 5.76. The van der Waals surface area contributed by atoms with Crippen LogP contribution in [0.5, 0.6) is 0 Å². The van der Waals surface area contributed by atoms with Crippen molar-refractivity contribution in [2.24, 2.45) is 5.92 Å². The Morgan fingerprint density at radius 1 is 1.00 bits per heavy atom. The van der Waals surface area contributed by atoms with Gasteiger partial charge in [-0.15, -0.1) is 0 Å². The van der Waals surface area contributed by atoms with Gasteiger partial charge in [0.25, 0.3) is 0 Å². The second-order valence-electron chi connectivity index (χ2n) is 9.73. The molecule has 0 bridgehead atoms. The van der Waals surface area contributed by atoms with Crippen LogP contribution in [-0.2, 0) is 22.6 Å². The molecule has 0 saturated carbocycles. The Morgan fingerprint density at radius 3 is 2.40 bits per heavy atom. The maximum Gasteiger partial charge on any atom is 0.222 e. The molecule has 35 heavy (non-hydrogen) atoms. The normalized spacial score (nSPS) is 14.0. The molecule has 0 atom stereocenters. The fourth-order valence-corrected chi connectivity index (χ4v) is 4.60. The van der Waals surface area contributed by atoms with E-state index in [1.54, 1.807) is 7.11 Å². The third-order valence-electron chi connectivity index (χ3n) is 6.36. The van der Waals surface area contributed by atoms with Crippen LogP contribution in [-0.4, -0.2) is 54.1 Å². The predicted octanol–water partition coefficient (Wildman–Crippen LogP) is 4.88. The fourth-order valence-electron chi connectivity index (χ4n) is 4.60. The number of carbonyl (C=O) groups is 1. The van der Waals surface area contributed by atoms with Gasteiger partial charge in [0, 0.05) is 57.3 Å². The molecule has 6 nitrogen and oxygen atoms in total. The SMILES string of the molecule is COCc1nc(-c2ccccc2)nc(N2CCN(C(=O)CC(C)C)CC2)c1Cc1cccc(C)c1.